The number of halogens is 2. The van der Waals surface area contributed by atoms with Gasteiger partial charge in [-0.2, -0.15) is 0 Å². The van der Waals surface area contributed by atoms with Gasteiger partial charge >= 0.3 is 7.75 Å². The van der Waals surface area contributed by atoms with Crippen molar-refractivity contribution >= 4 is 53.8 Å². The van der Waals surface area contributed by atoms with E-state index in [4.69, 9.17) is 5.50 Å². The lowest BCUT2D eigenvalue weighted by Gasteiger charge is -1.99. The van der Waals surface area contributed by atoms with Gasteiger partial charge in [0.25, 0.3) is 0 Å². The van der Waals surface area contributed by atoms with Crippen LogP contribution in [-0.2, 0) is 10.3 Å². The standard InChI is InChI=1S/H2I2NO3P/c1-5-7(3,4)6-2/h(H2,3,4). The molecule has 0 spiro atoms. The first-order valence-electron chi connectivity index (χ1n) is 1.11. The highest BCUT2D eigenvalue weighted by atomic mass is 127. The van der Waals surface area contributed by atoms with E-state index in [1.807, 2.05) is 0 Å². The minimum atomic E-state index is -3.18. The van der Waals surface area contributed by atoms with E-state index in [1.54, 1.807) is 0 Å². The lowest BCUT2D eigenvalue weighted by molar-refractivity contribution is 0.466. The molecule has 0 aliphatic rings. The highest BCUT2D eigenvalue weighted by molar-refractivity contribution is 14.1. The third kappa shape index (κ3) is 4.10. The summed E-state index contributed by atoms with van der Waals surface area (Å²) in [5.41, 5.74) is 4.81. The van der Waals surface area contributed by atoms with Gasteiger partial charge in [-0.3, -0.25) is 0 Å². The van der Waals surface area contributed by atoms with Gasteiger partial charge < -0.3 is 0 Å². The Hall–Kier alpha value is 1.57. The van der Waals surface area contributed by atoms with Gasteiger partial charge in [0, 0.05) is 0 Å². The molecule has 0 saturated carbocycles. The lowest BCUT2D eigenvalue weighted by atomic mass is 13.9. The maximum Gasteiger partial charge on any atom is 0.421 e. The predicted octanol–water partition coefficient (Wildman–Crippen LogP) is 1.79. The molecule has 44 valence electrons. The van der Waals surface area contributed by atoms with Gasteiger partial charge in [0.1, 0.15) is 46.0 Å². The molecule has 4 nitrogen and oxygen atoms in total. The highest BCUT2D eigenvalue weighted by Crippen LogP contribution is 2.43. The van der Waals surface area contributed by atoms with Crippen LogP contribution in [0.15, 0.2) is 0 Å². The van der Waals surface area contributed by atoms with Crippen LogP contribution in [-0.4, -0.2) is 0 Å². The molecule has 0 unspecified atom stereocenters. The third-order valence-electron chi connectivity index (χ3n) is 0.192. The molecule has 0 amide bonds. The van der Waals surface area contributed by atoms with Crippen LogP contribution in [0.4, 0.5) is 0 Å². The van der Waals surface area contributed by atoms with Crippen LogP contribution >= 0.6 is 53.8 Å². The van der Waals surface area contributed by atoms with Crippen LogP contribution in [0.3, 0.4) is 0 Å². The number of rotatable bonds is 2. The summed E-state index contributed by atoms with van der Waals surface area (Å²) in [5.74, 6) is 0. The molecule has 0 aromatic heterocycles. The van der Waals surface area contributed by atoms with Gasteiger partial charge in [-0.15, -0.1) is 0 Å². The van der Waals surface area contributed by atoms with Crippen molar-refractivity contribution in [3.05, 3.63) is 0 Å². The molecular formula is H2I2NO3P. The van der Waals surface area contributed by atoms with Crippen molar-refractivity contribution in [3.8, 4) is 0 Å². The fourth-order valence-electron chi connectivity index (χ4n) is 0.0106. The minimum Gasteiger partial charge on any atom is -0.240 e. The molecule has 0 heterocycles. The zero-order chi connectivity index (χ0) is 5.91. The molecule has 0 aromatic carbocycles. The van der Waals surface area contributed by atoms with Crippen LogP contribution in [0.1, 0.15) is 0 Å². The van der Waals surface area contributed by atoms with Crippen molar-refractivity contribution < 1.29 is 10.3 Å². The van der Waals surface area contributed by atoms with Gasteiger partial charge in [0.2, 0.25) is 0 Å². The summed E-state index contributed by atoms with van der Waals surface area (Å²) in [6.45, 7) is 0. The summed E-state index contributed by atoms with van der Waals surface area (Å²) in [6, 6.07) is 0. The molecule has 0 aromatic rings. The smallest absolute Gasteiger partial charge is 0.240 e. The van der Waals surface area contributed by atoms with Crippen LogP contribution in [0.25, 0.3) is 0 Å². The van der Waals surface area contributed by atoms with Crippen molar-refractivity contribution in [1.82, 2.24) is 0 Å². The van der Waals surface area contributed by atoms with Crippen LogP contribution < -0.4 is 5.50 Å². The average Bonchev–Trinajstić information content (AvgIpc) is 1.68. The Morgan fingerprint density at radius 2 is 1.71 bits per heavy atom. The molecule has 0 rings (SSSR count). The van der Waals surface area contributed by atoms with E-state index in [-0.39, 0.29) is 0 Å². The van der Waals surface area contributed by atoms with E-state index in [0.717, 1.165) is 0 Å². The quantitative estimate of drug-likeness (QED) is 0.610. The second-order valence-corrected chi connectivity index (χ2v) is 4.40. The van der Waals surface area contributed by atoms with Crippen molar-refractivity contribution in [2.24, 2.45) is 5.50 Å². The van der Waals surface area contributed by atoms with Crippen molar-refractivity contribution in [2.75, 3.05) is 0 Å². The van der Waals surface area contributed by atoms with Gasteiger partial charge in [0.05, 0.1) is 0 Å². The Balaban J connectivity index is 3.61. The zero-order valence-electron chi connectivity index (χ0n) is 3.01. The second kappa shape index (κ2) is 3.57. The second-order valence-electron chi connectivity index (χ2n) is 0.678. The van der Waals surface area contributed by atoms with E-state index in [2.05, 4.69) is 5.71 Å². The molecule has 0 bridgehead atoms. The topological polar surface area (TPSA) is 61.6 Å². The van der Waals surface area contributed by atoms with Gasteiger partial charge in [0.15, 0.2) is 0 Å². The third-order valence-corrected chi connectivity index (χ3v) is 3.87. The lowest BCUT2D eigenvalue weighted by Crippen LogP contribution is -1.90. The maximum atomic E-state index is 10.3. The van der Waals surface area contributed by atoms with Crippen LogP contribution in [0.5, 0.6) is 0 Å². The molecule has 0 aliphatic heterocycles. The first-order valence-corrected chi connectivity index (χ1v) is 4.49. The zero-order valence-corrected chi connectivity index (χ0v) is 8.21. The van der Waals surface area contributed by atoms with Gasteiger partial charge in [-0.05, 0) is 0 Å². The van der Waals surface area contributed by atoms with Gasteiger partial charge in [-0.25, -0.2) is 15.8 Å². The molecule has 0 fully saturated rings. The van der Waals surface area contributed by atoms with E-state index in [0.29, 0.717) is 0 Å². The molecule has 7 heteroatoms. The summed E-state index contributed by atoms with van der Waals surface area (Å²) in [5, 5.41) is 0. The molecule has 0 atom stereocenters. The van der Waals surface area contributed by atoms with E-state index < -0.39 is 7.75 Å². The predicted molar refractivity (Wildman–Crippen MR) is 42.0 cm³/mol. The first kappa shape index (κ1) is 8.57. The Morgan fingerprint density at radius 1 is 1.43 bits per heavy atom. The molecule has 0 radical (unpaired) electrons. The summed E-state index contributed by atoms with van der Waals surface area (Å²) in [4.78, 5) is 0. The Kier molecular flexibility index (Phi) is 4.37. The summed E-state index contributed by atoms with van der Waals surface area (Å²) in [7, 11) is -3.18. The summed E-state index contributed by atoms with van der Waals surface area (Å²) in [6.07, 6.45) is 0. The van der Waals surface area contributed by atoms with E-state index in [1.165, 1.54) is 46.0 Å². The summed E-state index contributed by atoms with van der Waals surface area (Å²) < 4.78 is 18.6. The average molecular weight is 349 g/mol. The maximum absolute atomic E-state index is 10.3. The van der Waals surface area contributed by atoms with E-state index in [9.17, 15) is 4.57 Å². The fourth-order valence-corrected chi connectivity index (χ4v) is 1.44. The number of hydrogen-bond donors (Lipinski definition) is 1. The van der Waals surface area contributed by atoms with Crippen molar-refractivity contribution in [3.63, 3.8) is 0 Å². The highest BCUT2D eigenvalue weighted by Gasteiger charge is 2.13. The van der Waals surface area contributed by atoms with Gasteiger partial charge in [-0.1, -0.05) is 0 Å². The first-order chi connectivity index (χ1) is 3.12. The van der Waals surface area contributed by atoms with Crippen LogP contribution in [0.2, 0.25) is 0 Å². The number of hydrogen-bond acceptors (Lipinski definition) is 3. The Bertz CT molecular complexity index is 84.9. The Morgan fingerprint density at radius 3 is 1.71 bits per heavy atom. The van der Waals surface area contributed by atoms with Crippen molar-refractivity contribution in [1.29, 1.82) is 0 Å². The fraction of sp³-hybridized carbons (Fsp3) is 0. The molecule has 7 heavy (non-hydrogen) atoms. The monoisotopic (exact) mass is 349 g/mol. The Labute approximate surface area is 69.1 Å². The number of nitrogens with two attached hydrogens (primary N) is 1. The van der Waals surface area contributed by atoms with Crippen LogP contribution in [0, 0.1) is 0 Å². The normalized spacial score (nSPS) is 11.9. The largest absolute Gasteiger partial charge is 0.421 e. The van der Waals surface area contributed by atoms with Crippen molar-refractivity contribution in [2.45, 2.75) is 0 Å². The van der Waals surface area contributed by atoms with E-state index >= 15 is 0 Å². The molecule has 0 aliphatic carbocycles. The molecule has 2 N–H and O–H groups in total. The minimum absolute atomic E-state index is 1.41. The SMILES string of the molecule is NP(=O)(OI)OI. The summed E-state index contributed by atoms with van der Waals surface area (Å²) >= 11 is 2.82. The molecular weight excluding hydrogens is 347 g/mol. The molecule has 0 saturated heterocycles.